The normalized spacial score (nSPS) is 10.2. The molecular formula is C11H11N5O3. The summed E-state index contributed by atoms with van der Waals surface area (Å²) in [6.45, 7) is 1.88. The molecule has 8 nitrogen and oxygen atoms in total. The number of nitrogens with zero attached hydrogens (tertiary/aromatic N) is 3. The fourth-order valence-corrected chi connectivity index (χ4v) is 1.58. The zero-order chi connectivity index (χ0) is 13.8. The van der Waals surface area contributed by atoms with Crippen LogP contribution in [0.4, 0.5) is 5.69 Å². The zero-order valence-electron chi connectivity index (χ0n) is 10.1. The van der Waals surface area contributed by atoms with Gasteiger partial charge in [-0.3, -0.25) is 20.0 Å². The molecule has 1 heterocycles. The average molecular weight is 261 g/mol. The van der Waals surface area contributed by atoms with Crippen LogP contribution in [0.15, 0.2) is 24.5 Å². The molecule has 0 unspecified atom stereocenters. The molecule has 2 aromatic rings. The first-order valence-electron chi connectivity index (χ1n) is 5.45. The first kappa shape index (κ1) is 12.7. The summed E-state index contributed by atoms with van der Waals surface area (Å²) in [5.74, 6) is 0.110. The smallest absolute Gasteiger partial charge is 0.270 e. The molecule has 19 heavy (non-hydrogen) atoms. The van der Waals surface area contributed by atoms with Gasteiger partial charge in [0.25, 0.3) is 11.6 Å². The van der Waals surface area contributed by atoms with E-state index in [2.05, 4.69) is 20.5 Å². The third-order valence-electron chi connectivity index (χ3n) is 2.42. The van der Waals surface area contributed by atoms with Gasteiger partial charge in [0.1, 0.15) is 12.2 Å². The van der Waals surface area contributed by atoms with Gasteiger partial charge in [-0.1, -0.05) is 0 Å². The van der Waals surface area contributed by atoms with Crippen molar-refractivity contribution in [3.05, 3.63) is 51.6 Å². The van der Waals surface area contributed by atoms with Gasteiger partial charge in [-0.15, -0.1) is 0 Å². The number of benzene rings is 1. The number of carbonyl (C=O) groups is 1. The lowest BCUT2D eigenvalue weighted by molar-refractivity contribution is -0.384. The monoisotopic (exact) mass is 261 g/mol. The summed E-state index contributed by atoms with van der Waals surface area (Å²) >= 11 is 0. The standard InChI is InChI=1S/C11H11N5O3/c1-7-2-8(4-9(3-7)16(18)19)11(17)12-5-10-13-6-14-15-10/h2-4,6H,5H2,1H3,(H,12,17)(H,13,14,15). The Bertz CT molecular complexity index is 609. The van der Waals surface area contributed by atoms with Crippen LogP contribution in [0.1, 0.15) is 21.7 Å². The molecule has 1 aromatic carbocycles. The number of aromatic nitrogens is 3. The van der Waals surface area contributed by atoms with E-state index in [0.717, 1.165) is 0 Å². The first-order chi connectivity index (χ1) is 9.06. The Labute approximate surface area is 108 Å². The van der Waals surface area contributed by atoms with Crippen molar-refractivity contribution >= 4 is 11.6 Å². The molecule has 0 aliphatic carbocycles. The van der Waals surface area contributed by atoms with Crippen LogP contribution in [-0.2, 0) is 6.54 Å². The van der Waals surface area contributed by atoms with Crippen molar-refractivity contribution in [2.75, 3.05) is 0 Å². The van der Waals surface area contributed by atoms with Gasteiger partial charge in [0.2, 0.25) is 0 Å². The predicted molar refractivity (Wildman–Crippen MR) is 65.4 cm³/mol. The van der Waals surface area contributed by atoms with Crippen LogP contribution < -0.4 is 5.32 Å². The number of carbonyl (C=O) groups excluding carboxylic acids is 1. The van der Waals surface area contributed by atoms with E-state index in [1.54, 1.807) is 13.0 Å². The third-order valence-corrected chi connectivity index (χ3v) is 2.42. The molecule has 0 aliphatic heterocycles. The highest BCUT2D eigenvalue weighted by molar-refractivity contribution is 5.94. The molecule has 0 atom stereocenters. The number of nitrogens with one attached hydrogen (secondary N) is 2. The molecule has 2 rings (SSSR count). The molecule has 1 aromatic heterocycles. The summed E-state index contributed by atoms with van der Waals surface area (Å²) < 4.78 is 0. The number of hydrogen-bond acceptors (Lipinski definition) is 5. The Morgan fingerprint density at radius 1 is 1.47 bits per heavy atom. The maximum absolute atomic E-state index is 11.9. The van der Waals surface area contributed by atoms with Crippen LogP contribution in [0, 0.1) is 17.0 Å². The summed E-state index contributed by atoms with van der Waals surface area (Å²) in [5.41, 5.74) is 0.787. The Morgan fingerprint density at radius 3 is 2.89 bits per heavy atom. The molecule has 0 radical (unpaired) electrons. The van der Waals surface area contributed by atoms with Crippen molar-refractivity contribution in [3.8, 4) is 0 Å². The molecule has 0 saturated heterocycles. The van der Waals surface area contributed by atoms with Gasteiger partial charge in [0.05, 0.1) is 11.5 Å². The molecule has 2 N–H and O–H groups in total. The maximum atomic E-state index is 11.9. The minimum atomic E-state index is -0.528. The van der Waals surface area contributed by atoms with Gasteiger partial charge in [-0.05, 0) is 18.6 Å². The fourth-order valence-electron chi connectivity index (χ4n) is 1.58. The van der Waals surface area contributed by atoms with Crippen LogP contribution in [0.3, 0.4) is 0 Å². The van der Waals surface area contributed by atoms with E-state index in [0.29, 0.717) is 11.4 Å². The fraction of sp³-hybridized carbons (Fsp3) is 0.182. The quantitative estimate of drug-likeness (QED) is 0.628. The Morgan fingerprint density at radius 2 is 2.26 bits per heavy atom. The summed E-state index contributed by atoms with van der Waals surface area (Å²) in [4.78, 5) is 25.9. The highest BCUT2D eigenvalue weighted by Crippen LogP contribution is 2.16. The lowest BCUT2D eigenvalue weighted by Crippen LogP contribution is -2.23. The van der Waals surface area contributed by atoms with Crippen LogP contribution >= 0.6 is 0 Å². The van der Waals surface area contributed by atoms with Gasteiger partial charge in [0, 0.05) is 17.7 Å². The summed E-state index contributed by atoms with van der Waals surface area (Å²) in [7, 11) is 0. The average Bonchev–Trinajstić information content (AvgIpc) is 2.88. The second-order valence-electron chi connectivity index (χ2n) is 3.93. The van der Waals surface area contributed by atoms with Crippen molar-refractivity contribution in [1.29, 1.82) is 0 Å². The van der Waals surface area contributed by atoms with E-state index >= 15 is 0 Å². The largest absolute Gasteiger partial charge is 0.345 e. The number of nitro groups is 1. The molecule has 0 saturated carbocycles. The number of non-ortho nitro benzene ring substituents is 1. The van der Waals surface area contributed by atoms with Gasteiger partial charge in [0.15, 0.2) is 0 Å². The van der Waals surface area contributed by atoms with Crippen LogP contribution in [0.5, 0.6) is 0 Å². The van der Waals surface area contributed by atoms with Crippen LogP contribution in [-0.4, -0.2) is 26.0 Å². The van der Waals surface area contributed by atoms with E-state index in [1.165, 1.54) is 18.5 Å². The number of amides is 1. The summed E-state index contributed by atoms with van der Waals surface area (Å²) in [6, 6.07) is 4.23. The van der Waals surface area contributed by atoms with Gasteiger partial charge < -0.3 is 5.32 Å². The molecule has 0 fully saturated rings. The maximum Gasteiger partial charge on any atom is 0.270 e. The van der Waals surface area contributed by atoms with E-state index in [4.69, 9.17) is 0 Å². The highest BCUT2D eigenvalue weighted by atomic mass is 16.6. The summed E-state index contributed by atoms with van der Waals surface area (Å²) in [5, 5.41) is 19.6. The molecule has 8 heteroatoms. The lowest BCUT2D eigenvalue weighted by atomic mass is 10.1. The van der Waals surface area contributed by atoms with E-state index in [1.807, 2.05) is 0 Å². The number of aromatic amines is 1. The SMILES string of the molecule is Cc1cc(C(=O)NCc2ncn[nH]2)cc([N+](=O)[O-])c1. The third kappa shape index (κ3) is 3.12. The molecule has 0 spiro atoms. The molecular weight excluding hydrogens is 250 g/mol. The highest BCUT2D eigenvalue weighted by Gasteiger charge is 2.13. The van der Waals surface area contributed by atoms with Crippen LogP contribution in [0.25, 0.3) is 0 Å². The number of rotatable bonds is 4. The second-order valence-corrected chi connectivity index (χ2v) is 3.93. The van der Waals surface area contributed by atoms with E-state index < -0.39 is 10.8 Å². The Hall–Kier alpha value is -2.77. The van der Waals surface area contributed by atoms with Crippen molar-refractivity contribution in [2.24, 2.45) is 0 Å². The molecule has 0 aliphatic rings. The van der Waals surface area contributed by atoms with Crippen molar-refractivity contribution in [2.45, 2.75) is 13.5 Å². The van der Waals surface area contributed by atoms with Gasteiger partial charge in [-0.2, -0.15) is 5.10 Å². The van der Waals surface area contributed by atoms with Crippen molar-refractivity contribution in [1.82, 2.24) is 20.5 Å². The Balaban J connectivity index is 2.12. The topological polar surface area (TPSA) is 114 Å². The number of hydrogen-bond donors (Lipinski definition) is 2. The van der Waals surface area contributed by atoms with Crippen molar-refractivity contribution < 1.29 is 9.72 Å². The Kier molecular flexibility index (Phi) is 3.51. The van der Waals surface area contributed by atoms with E-state index in [9.17, 15) is 14.9 Å². The minimum absolute atomic E-state index is 0.107. The van der Waals surface area contributed by atoms with Gasteiger partial charge >= 0.3 is 0 Å². The van der Waals surface area contributed by atoms with Crippen molar-refractivity contribution in [3.63, 3.8) is 0 Å². The number of nitro benzene ring substituents is 1. The molecule has 0 bridgehead atoms. The first-order valence-corrected chi connectivity index (χ1v) is 5.45. The minimum Gasteiger partial charge on any atom is -0.345 e. The number of aryl methyl sites for hydroxylation is 1. The van der Waals surface area contributed by atoms with E-state index in [-0.39, 0.29) is 17.8 Å². The molecule has 1 amide bonds. The number of H-pyrrole nitrogens is 1. The second kappa shape index (κ2) is 5.25. The summed E-state index contributed by atoms with van der Waals surface area (Å²) in [6.07, 6.45) is 1.33. The van der Waals surface area contributed by atoms with Gasteiger partial charge in [-0.25, -0.2) is 4.98 Å². The predicted octanol–water partition coefficient (Wildman–Crippen LogP) is 0.951. The lowest BCUT2D eigenvalue weighted by Gasteiger charge is -2.04. The van der Waals surface area contributed by atoms with Crippen LogP contribution in [0.2, 0.25) is 0 Å². The molecule has 98 valence electrons. The zero-order valence-corrected chi connectivity index (χ0v) is 10.1.